The molecule has 0 atom stereocenters. The molecule has 0 bridgehead atoms. The first kappa shape index (κ1) is 18.2. The maximum absolute atomic E-state index is 12.6. The van der Waals surface area contributed by atoms with Crippen molar-refractivity contribution in [1.29, 1.82) is 0 Å². The molecular formula is C19H22N6O3. The number of carbonyl (C=O) groups excluding carboxylic acids is 1. The summed E-state index contributed by atoms with van der Waals surface area (Å²) in [4.78, 5) is 36.0. The number of amides is 1. The number of hydrogen-bond donors (Lipinski definition) is 1. The Morgan fingerprint density at radius 3 is 2.68 bits per heavy atom. The number of nitrogens with one attached hydrogen (secondary N) is 1. The van der Waals surface area contributed by atoms with Crippen LogP contribution in [-0.4, -0.2) is 68.7 Å². The average Bonchev–Trinajstić information content (AvgIpc) is 3.11. The summed E-state index contributed by atoms with van der Waals surface area (Å²) in [6.07, 6.45) is 0. The van der Waals surface area contributed by atoms with Crippen LogP contribution in [0, 0.1) is 0 Å². The van der Waals surface area contributed by atoms with Crippen molar-refractivity contribution in [2.75, 3.05) is 33.3 Å². The lowest BCUT2D eigenvalue weighted by Gasteiger charge is -2.34. The number of imidazole rings is 1. The molecule has 0 saturated carbocycles. The molecule has 1 aliphatic rings. The summed E-state index contributed by atoms with van der Waals surface area (Å²) < 4.78 is 6.43. The number of rotatable bonds is 4. The number of aromatic amines is 1. The molecule has 3 heterocycles. The van der Waals surface area contributed by atoms with E-state index in [1.54, 1.807) is 19.1 Å². The lowest BCUT2D eigenvalue weighted by molar-refractivity contribution is 0.0617. The lowest BCUT2D eigenvalue weighted by atomic mass is 10.2. The minimum Gasteiger partial charge on any atom is -0.497 e. The van der Waals surface area contributed by atoms with Gasteiger partial charge in [-0.15, -0.1) is 0 Å². The quantitative estimate of drug-likeness (QED) is 0.711. The maximum atomic E-state index is 12.6. The van der Waals surface area contributed by atoms with Gasteiger partial charge in [-0.25, -0.2) is 9.67 Å². The van der Waals surface area contributed by atoms with E-state index in [1.165, 1.54) is 16.8 Å². The van der Waals surface area contributed by atoms with Crippen molar-refractivity contribution in [2.24, 2.45) is 7.05 Å². The fraction of sp³-hybridized carbons (Fsp3) is 0.368. The Morgan fingerprint density at radius 2 is 1.96 bits per heavy atom. The molecule has 2 aromatic heterocycles. The first-order valence-corrected chi connectivity index (χ1v) is 9.12. The maximum Gasteiger partial charge on any atom is 0.274 e. The minimum atomic E-state index is -0.232. The van der Waals surface area contributed by atoms with Gasteiger partial charge in [-0.2, -0.15) is 5.10 Å². The predicted molar refractivity (Wildman–Crippen MR) is 103 cm³/mol. The predicted octanol–water partition coefficient (Wildman–Crippen LogP) is 0.623. The molecular weight excluding hydrogens is 360 g/mol. The van der Waals surface area contributed by atoms with Gasteiger partial charge in [-0.1, -0.05) is 0 Å². The molecule has 1 amide bonds. The van der Waals surface area contributed by atoms with Crippen molar-refractivity contribution >= 4 is 16.9 Å². The topological polar surface area (TPSA) is 96.3 Å². The number of benzene rings is 1. The van der Waals surface area contributed by atoms with Gasteiger partial charge < -0.3 is 14.6 Å². The van der Waals surface area contributed by atoms with Crippen LogP contribution in [0.25, 0.3) is 11.0 Å². The molecule has 4 rings (SSSR count). The van der Waals surface area contributed by atoms with Crippen LogP contribution in [0.3, 0.4) is 0 Å². The summed E-state index contributed by atoms with van der Waals surface area (Å²) in [6.45, 7) is 3.40. The van der Waals surface area contributed by atoms with E-state index in [-0.39, 0.29) is 11.5 Å². The van der Waals surface area contributed by atoms with Gasteiger partial charge in [0.25, 0.3) is 11.5 Å². The number of aromatic nitrogens is 4. The molecule has 1 N–H and O–H groups in total. The number of carbonyl (C=O) groups is 1. The Bertz CT molecular complexity index is 1060. The van der Waals surface area contributed by atoms with Crippen LogP contribution in [0.2, 0.25) is 0 Å². The summed E-state index contributed by atoms with van der Waals surface area (Å²) >= 11 is 0. The van der Waals surface area contributed by atoms with Crippen LogP contribution in [0.15, 0.2) is 35.1 Å². The first-order valence-electron chi connectivity index (χ1n) is 9.12. The van der Waals surface area contributed by atoms with Crippen molar-refractivity contribution in [1.82, 2.24) is 29.5 Å². The Balaban J connectivity index is 1.38. The van der Waals surface area contributed by atoms with Crippen molar-refractivity contribution < 1.29 is 9.53 Å². The summed E-state index contributed by atoms with van der Waals surface area (Å²) in [6, 6.07) is 8.62. The van der Waals surface area contributed by atoms with E-state index in [1.807, 2.05) is 18.2 Å². The summed E-state index contributed by atoms with van der Waals surface area (Å²) in [5.74, 6) is 1.54. The highest BCUT2D eigenvalue weighted by atomic mass is 16.5. The molecule has 1 saturated heterocycles. The highest BCUT2D eigenvalue weighted by Gasteiger charge is 2.24. The minimum absolute atomic E-state index is 0.147. The number of ether oxygens (including phenoxy) is 1. The van der Waals surface area contributed by atoms with Crippen molar-refractivity contribution in [2.45, 2.75) is 6.54 Å². The van der Waals surface area contributed by atoms with Gasteiger partial charge in [0.1, 0.15) is 17.3 Å². The molecule has 28 heavy (non-hydrogen) atoms. The van der Waals surface area contributed by atoms with Crippen LogP contribution in [-0.2, 0) is 13.6 Å². The third-order valence-electron chi connectivity index (χ3n) is 4.95. The summed E-state index contributed by atoms with van der Waals surface area (Å²) in [5, 5.41) is 4.05. The summed E-state index contributed by atoms with van der Waals surface area (Å²) in [7, 11) is 3.18. The SMILES string of the molecule is COc1ccc2nc(CN3CCN(C(=O)c4ccc(=O)n(C)n4)CC3)[nH]c2c1. The second kappa shape index (κ2) is 7.43. The second-order valence-corrected chi connectivity index (χ2v) is 6.82. The number of methoxy groups -OCH3 is 1. The summed E-state index contributed by atoms with van der Waals surface area (Å²) in [5.41, 5.74) is 1.92. The molecule has 0 unspecified atom stereocenters. The number of piperazine rings is 1. The molecule has 9 heteroatoms. The van der Waals surface area contributed by atoms with Crippen LogP contribution in [0.1, 0.15) is 16.3 Å². The molecule has 1 aromatic carbocycles. The van der Waals surface area contributed by atoms with E-state index in [9.17, 15) is 9.59 Å². The lowest BCUT2D eigenvalue weighted by Crippen LogP contribution is -2.48. The largest absolute Gasteiger partial charge is 0.497 e. The van der Waals surface area contributed by atoms with E-state index < -0.39 is 0 Å². The van der Waals surface area contributed by atoms with E-state index in [4.69, 9.17) is 4.74 Å². The fourth-order valence-corrected chi connectivity index (χ4v) is 3.34. The molecule has 0 aliphatic carbocycles. The zero-order valence-corrected chi connectivity index (χ0v) is 15.9. The van der Waals surface area contributed by atoms with Gasteiger partial charge in [-0.05, 0) is 18.2 Å². The van der Waals surface area contributed by atoms with Crippen LogP contribution < -0.4 is 10.3 Å². The van der Waals surface area contributed by atoms with Crippen LogP contribution in [0.4, 0.5) is 0 Å². The molecule has 0 spiro atoms. The Hall–Kier alpha value is -3.20. The average molecular weight is 382 g/mol. The van der Waals surface area contributed by atoms with Gasteiger partial charge in [0.05, 0.1) is 24.7 Å². The van der Waals surface area contributed by atoms with E-state index >= 15 is 0 Å². The number of aryl methyl sites for hydroxylation is 1. The number of nitrogens with zero attached hydrogens (tertiary/aromatic N) is 5. The van der Waals surface area contributed by atoms with Crippen LogP contribution >= 0.6 is 0 Å². The molecule has 1 aliphatic heterocycles. The third kappa shape index (κ3) is 3.61. The van der Waals surface area contributed by atoms with E-state index in [0.717, 1.165) is 35.7 Å². The first-order chi connectivity index (χ1) is 13.5. The number of fused-ring (bicyclic) bond motifs is 1. The zero-order chi connectivity index (χ0) is 19.7. The Kier molecular flexibility index (Phi) is 4.82. The number of hydrogen-bond acceptors (Lipinski definition) is 6. The van der Waals surface area contributed by atoms with Crippen molar-refractivity contribution in [3.05, 3.63) is 52.2 Å². The van der Waals surface area contributed by atoms with E-state index in [0.29, 0.717) is 25.3 Å². The second-order valence-electron chi connectivity index (χ2n) is 6.82. The van der Waals surface area contributed by atoms with Gasteiger partial charge in [0.15, 0.2) is 0 Å². The van der Waals surface area contributed by atoms with Gasteiger partial charge >= 0.3 is 0 Å². The fourth-order valence-electron chi connectivity index (χ4n) is 3.34. The third-order valence-corrected chi connectivity index (χ3v) is 4.95. The molecule has 1 fully saturated rings. The molecule has 3 aromatic rings. The Labute approximate surface area is 161 Å². The smallest absolute Gasteiger partial charge is 0.274 e. The molecule has 146 valence electrons. The number of H-pyrrole nitrogens is 1. The highest BCUT2D eigenvalue weighted by molar-refractivity contribution is 5.92. The van der Waals surface area contributed by atoms with Crippen molar-refractivity contribution in [3.63, 3.8) is 0 Å². The van der Waals surface area contributed by atoms with Gasteiger partial charge in [0.2, 0.25) is 0 Å². The monoisotopic (exact) mass is 382 g/mol. The molecule has 0 radical (unpaired) electrons. The van der Waals surface area contributed by atoms with Crippen molar-refractivity contribution in [3.8, 4) is 5.75 Å². The zero-order valence-electron chi connectivity index (χ0n) is 15.9. The normalized spacial score (nSPS) is 15.1. The van der Waals surface area contributed by atoms with Gasteiger partial charge in [0, 0.05) is 45.4 Å². The van der Waals surface area contributed by atoms with E-state index in [2.05, 4.69) is 20.0 Å². The Morgan fingerprint density at radius 1 is 1.18 bits per heavy atom. The standard InChI is InChI=1S/C19H22N6O3/c1-23-18(26)6-5-15(22-23)19(27)25-9-7-24(8-10-25)12-17-20-14-4-3-13(28-2)11-16(14)21-17/h3-6,11H,7-10,12H2,1-2H3,(H,20,21). The molecule has 9 nitrogen and oxygen atoms in total. The van der Waals surface area contributed by atoms with Gasteiger partial charge in [-0.3, -0.25) is 14.5 Å². The highest BCUT2D eigenvalue weighted by Crippen LogP contribution is 2.19. The van der Waals surface area contributed by atoms with Crippen LogP contribution in [0.5, 0.6) is 5.75 Å².